The van der Waals surface area contributed by atoms with Gasteiger partial charge in [0.2, 0.25) is 0 Å². The summed E-state index contributed by atoms with van der Waals surface area (Å²) in [5.74, 6) is 1.11. The highest BCUT2D eigenvalue weighted by atomic mass is 16.1. The number of carbonyl (C=O) groups is 1. The zero-order chi connectivity index (χ0) is 10.2. The molecule has 2 N–H and O–H groups in total. The summed E-state index contributed by atoms with van der Waals surface area (Å²) in [6.45, 7) is 0.227. The van der Waals surface area contributed by atoms with Crippen molar-refractivity contribution in [2.75, 3.05) is 6.54 Å². The van der Waals surface area contributed by atoms with Gasteiger partial charge in [-0.3, -0.25) is 4.79 Å². The normalized spacial score (nSPS) is 19.2. The summed E-state index contributed by atoms with van der Waals surface area (Å²) >= 11 is 0. The van der Waals surface area contributed by atoms with Gasteiger partial charge in [0, 0.05) is 6.42 Å². The van der Waals surface area contributed by atoms with Crippen LogP contribution in [0, 0.1) is 5.92 Å². The monoisotopic (exact) mass is 197 g/mol. The Kier molecular flexibility index (Phi) is 5.85. The number of carbonyl (C=O) groups excluding carboxylic acids is 1. The lowest BCUT2D eigenvalue weighted by molar-refractivity contribution is -0.117. The molecule has 14 heavy (non-hydrogen) atoms. The molecule has 0 unspecified atom stereocenters. The van der Waals surface area contributed by atoms with Crippen molar-refractivity contribution in [3.63, 3.8) is 0 Å². The van der Waals surface area contributed by atoms with Crippen LogP contribution >= 0.6 is 0 Å². The second-order valence-electron chi connectivity index (χ2n) is 4.49. The number of hydrogen-bond donors (Lipinski definition) is 1. The van der Waals surface area contributed by atoms with E-state index < -0.39 is 0 Å². The molecule has 0 amide bonds. The first-order valence-electron chi connectivity index (χ1n) is 6.04. The Balaban J connectivity index is 2.07. The van der Waals surface area contributed by atoms with Gasteiger partial charge >= 0.3 is 0 Å². The van der Waals surface area contributed by atoms with E-state index in [4.69, 9.17) is 5.73 Å². The van der Waals surface area contributed by atoms with Crippen LogP contribution in [-0.2, 0) is 4.79 Å². The fraction of sp³-hybridized carbons (Fsp3) is 0.917. The average Bonchev–Trinajstić information content (AvgIpc) is 2.46. The van der Waals surface area contributed by atoms with E-state index in [0.29, 0.717) is 6.42 Å². The second-order valence-corrected chi connectivity index (χ2v) is 4.49. The summed E-state index contributed by atoms with van der Waals surface area (Å²) in [4.78, 5) is 11.0. The zero-order valence-corrected chi connectivity index (χ0v) is 9.13. The first-order chi connectivity index (χ1) is 6.83. The van der Waals surface area contributed by atoms with Gasteiger partial charge in [0.25, 0.3) is 0 Å². The molecule has 0 aromatic carbocycles. The summed E-state index contributed by atoms with van der Waals surface area (Å²) in [6, 6.07) is 0. The molecular weight excluding hydrogens is 174 g/mol. The van der Waals surface area contributed by atoms with Crippen LogP contribution in [0.4, 0.5) is 0 Å². The lowest BCUT2D eigenvalue weighted by Gasteiger charge is -2.12. The predicted molar refractivity (Wildman–Crippen MR) is 59.1 cm³/mol. The van der Waals surface area contributed by atoms with E-state index in [1.807, 2.05) is 0 Å². The van der Waals surface area contributed by atoms with Gasteiger partial charge in [-0.05, 0) is 12.3 Å². The number of hydrogen-bond acceptors (Lipinski definition) is 2. The third kappa shape index (κ3) is 4.75. The summed E-state index contributed by atoms with van der Waals surface area (Å²) in [7, 11) is 0. The van der Waals surface area contributed by atoms with Crippen molar-refractivity contribution in [1.82, 2.24) is 0 Å². The highest BCUT2D eigenvalue weighted by molar-refractivity contribution is 5.80. The van der Waals surface area contributed by atoms with Gasteiger partial charge < -0.3 is 5.73 Å². The summed E-state index contributed by atoms with van der Waals surface area (Å²) < 4.78 is 0. The van der Waals surface area contributed by atoms with Crippen LogP contribution in [0.1, 0.15) is 57.8 Å². The van der Waals surface area contributed by atoms with Crippen LogP contribution in [0.15, 0.2) is 0 Å². The van der Waals surface area contributed by atoms with E-state index in [1.165, 1.54) is 44.9 Å². The average molecular weight is 197 g/mol. The van der Waals surface area contributed by atoms with Crippen molar-refractivity contribution in [2.45, 2.75) is 57.8 Å². The first kappa shape index (κ1) is 11.7. The van der Waals surface area contributed by atoms with E-state index in [-0.39, 0.29) is 12.3 Å². The van der Waals surface area contributed by atoms with Crippen molar-refractivity contribution < 1.29 is 4.79 Å². The lowest BCUT2D eigenvalue weighted by Crippen LogP contribution is -2.13. The molecular formula is C12H23NO. The van der Waals surface area contributed by atoms with Crippen LogP contribution < -0.4 is 5.73 Å². The minimum atomic E-state index is 0.221. The zero-order valence-electron chi connectivity index (χ0n) is 9.13. The van der Waals surface area contributed by atoms with Crippen molar-refractivity contribution in [3.05, 3.63) is 0 Å². The number of Topliss-reactive ketones (excluding diaryl/α,β-unsaturated/α-hetero) is 1. The molecule has 2 heteroatoms. The minimum Gasteiger partial charge on any atom is -0.324 e. The van der Waals surface area contributed by atoms with Crippen molar-refractivity contribution in [1.29, 1.82) is 0 Å². The van der Waals surface area contributed by atoms with E-state index in [9.17, 15) is 4.79 Å². The molecule has 1 rings (SSSR count). The van der Waals surface area contributed by atoms with Crippen LogP contribution in [0.3, 0.4) is 0 Å². The van der Waals surface area contributed by atoms with Gasteiger partial charge in [-0.2, -0.15) is 0 Å². The highest BCUT2D eigenvalue weighted by Gasteiger charge is 2.12. The molecule has 0 radical (unpaired) electrons. The van der Waals surface area contributed by atoms with Crippen molar-refractivity contribution >= 4 is 5.78 Å². The van der Waals surface area contributed by atoms with E-state index in [2.05, 4.69) is 0 Å². The van der Waals surface area contributed by atoms with Crippen LogP contribution in [0.5, 0.6) is 0 Å². The van der Waals surface area contributed by atoms with Gasteiger partial charge in [-0.25, -0.2) is 0 Å². The van der Waals surface area contributed by atoms with Gasteiger partial charge in [-0.1, -0.05) is 44.9 Å². The highest BCUT2D eigenvalue weighted by Crippen LogP contribution is 2.26. The van der Waals surface area contributed by atoms with E-state index in [0.717, 1.165) is 12.3 Å². The number of ketones is 1. The van der Waals surface area contributed by atoms with E-state index >= 15 is 0 Å². The maximum absolute atomic E-state index is 11.0. The predicted octanol–water partition coefficient (Wildman–Crippen LogP) is 2.65. The molecule has 0 aromatic rings. The topological polar surface area (TPSA) is 43.1 Å². The number of rotatable bonds is 5. The molecule has 1 saturated carbocycles. The Hall–Kier alpha value is -0.370. The molecule has 2 nitrogen and oxygen atoms in total. The Morgan fingerprint density at radius 2 is 1.79 bits per heavy atom. The molecule has 1 fully saturated rings. The standard InChI is InChI=1S/C12H23NO/c13-10-12(14)9-5-8-11-6-3-1-2-4-7-11/h11H,1-10,13H2. The molecule has 0 atom stereocenters. The molecule has 0 spiro atoms. The summed E-state index contributed by atoms with van der Waals surface area (Å²) in [6.07, 6.45) is 11.4. The van der Waals surface area contributed by atoms with Gasteiger partial charge in [0.05, 0.1) is 6.54 Å². The van der Waals surface area contributed by atoms with Crippen LogP contribution in [0.2, 0.25) is 0 Å². The van der Waals surface area contributed by atoms with Crippen LogP contribution in [-0.4, -0.2) is 12.3 Å². The summed E-state index contributed by atoms with van der Waals surface area (Å²) in [5, 5.41) is 0. The lowest BCUT2D eigenvalue weighted by atomic mass is 9.94. The molecule has 0 bridgehead atoms. The van der Waals surface area contributed by atoms with Crippen molar-refractivity contribution in [3.8, 4) is 0 Å². The second kappa shape index (κ2) is 6.99. The first-order valence-corrected chi connectivity index (χ1v) is 6.04. The van der Waals surface area contributed by atoms with Crippen molar-refractivity contribution in [2.24, 2.45) is 11.7 Å². The molecule has 1 aliphatic rings. The molecule has 0 aromatic heterocycles. The minimum absolute atomic E-state index is 0.221. The molecule has 0 heterocycles. The Morgan fingerprint density at radius 1 is 1.14 bits per heavy atom. The van der Waals surface area contributed by atoms with E-state index in [1.54, 1.807) is 0 Å². The Morgan fingerprint density at radius 3 is 2.36 bits per heavy atom. The fourth-order valence-electron chi connectivity index (χ4n) is 2.34. The maximum atomic E-state index is 11.0. The third-order valence-electron chi connectivity index (χ3n) is 3.27. The maximum Gasteiger partial charge on any atom is 0.146 e. The van der Waals surface area contributed by atoms with Crippen LogP contribution in [0.25, 0.3) is 0 Å². The summed E-state index contributed by atoms with van der Waals surface area (Å²) in [5.41, 5.74) is 5.27. The smallest absolute Gasteiger partial charge is 0.146 e. The number of nitrogens with two attached hydrogens (primary N) is 1. The van der Waals surface area contributed by atoms with Gasteiger partial charge in [0.15, 0.2) is 0 Å². The quantitative estimate of drug-likeness (QED) is 0.688. The van der Waals surface area contributed by atoms with Gasteiger partial charge in [0.1, 0.15) is 5.78 Å². The molecule has 82 valence electrons. The molecule has 1 aliphatic carbocycles. The fourth-order valence-corrected chi connectivity index (χ4v) is 2.34. The largest absolute Gasteiger partial charge is 0.324 e. The molecule has 0 saturated heterocycles. The Bertz CT molecular complexity index is 160. The van der Waals surface area contributed by atoms with Gasteiger partial charge in [-0.15, -0.1) is 0 Å². The molecule has 0 aliphatic heterocycles. The third-order valence-corrected chi connectivity index (χ3v) is 3.27. The SMILES string of the molecule is NCC(=O)CCCC1CCCCCC1. The Labute approximate surface area is 87.2 Å².